The molecule has 0 spiro atoms. The molecule has 11 heteroatoms. The van der Waals surface area contributed by atoms with Gasteiger partial charge in [0.05, 0.1) is 9.82 Å². The third kappa shape index (κ3) is 4.94. The Morgan fingerprint density at radius 1 is 1.06 bits per heavy atom. The lowest BCUT2D eigenvalue weighted by atomic mass is 10.2. The number of piperidine rings is 1. The van der Waals surface area contributed by atoms with Crippen molar-refractivity contribution in [2.45, 2.75) is 35.1 Å². The summed E-state index contributed by atoms with van der Waals surface area (Å²) in [5.41, 5.74) is 1.45. The maximum absolute atomic E-state index is 12.9. The summed E-state index contributed by atoms with van der Waals surface area (Å²) in [6.45, 7) is 1.08. The number of nitro groups is 1. The number of rotatable bonds is 7. The summed E-state index contributed by atoms with van der Waals surface area (Å²) in [5, 5.41) is 19.1. The normalized spacial score (nSPS) is 15.1. The number of aromatic nitrogens is 2. The van der Waals surface area contributed by atoms with Gasteiger partial charge < -0.3 is 4.42 Å². The average Bonchev–Trinajstić information content (AvgIpc) is 3.28. The van der Waals surface area contributed by atoms with E-state index in [9.17, 15) is 18.5 Å². The van der Waals surface area contributed by atoms with E-state index in [4.69, 9.17) is 4.42 Å². The molecule has 0 saturated carbocycles. The summed E-state index contributed by atoms with van der Waals surface area (Å²) < 4.78 is 33.0. The van der Waals surface area contributed by atoms with Crippen LogP contribution < -0.4 is 0 Å². The van der Waals surface area contributed by atoms with E-state index in [-0.39, 0.29) is 16.5 Å². The molecule has 1 fully saturated rings. The van der Waals surface area contributed by atoms with Gasteiger partial charge in [0.25, 0.3) is 10.9 Å². The highest BCUT2D eigenvalue weighted by Gasteiger charge is 2.26. The average molecular weight is 461 g/mol. The Kier molecular flexibility index (Phi) is 6.35. The second-order valence-corrected chi connectivity index (χ2v) is 9.94. The lowest BCUT2D eigenvalue weighted by Crippen LogP contribution is -2.35. The van der Waals surface area contributed by atoms with Gasteiger partial charge in [-0.05, 0) is 36.6 Å². The van der Waals surface area contributed by atoms with Crippen molar-refractivity contribution in [1.29, 1.82) is 0 Å². The van der Waals surface area contributed by atoms with Crippen LogP contribution in [0.15, 0.2) is 63.1 Å². The zero-order valence-corrected chi connectivity index (χ0v) is 18.1. The van der Waals surface area contributed by atoms with Crippen molar-refractivity contribution in [3.05, 3.63) is 64.2 Å². The van der Waals surface area contributed by atoms with E-state index in [1.54, 1.807) is 36.4 Å². The SMILES string of the molecule is O=[N+]([O-])c1ccc(CSc2nnc(-c3cccc(S(=O)(=O)N4CCCCC4)c3)o2)cc1. The Morgan fingerprint density at radius 3 is 2.52 bits per heavy atom. The predicted molar refractivity (Wildman–Crippen MR) is 115 cm³/mol. The summed E-state index contributed by atoms with van der Waals surface area (Å²) in [5.74, 6) is 0.741. The van der Waals surface area contributed by atoms with Crippen molar-refractivity contribution in [2.75, 3.05) is 13.1 Å². The highest BCUT2D eigenvalue weighted by Crippen LogP contribution is 2.29. The molecule has 0 unspecified atom stereocenters. The van der Waals surface area contributed by atoms with Crippen LogP contribution in [0.2, 0.25) is 0 Å². The first-order valence-electron chi connectivity index (χ1n) is 9.74. The lowest BCUT2D eigenvalue weighted by molar-refractivity contribution is -0.384. The zero-order valence-electron chi connectivity index (χ0n) is 16.5. The summed E-state index contributed by atoms with van der Waals surface area (Å²) >= 11 is 1.30. The van der Waals surface area contributed by atoms with Gasteiger partial charge in [-0.1, -0.05) is 36.4 Å². The molecule has 0 N–H and O–H groups in total. The van der Waals surface area contributed by atoms with Crippen molar-refractivity contribution in [1.82, 2.24) is 14.5 Å². The van der Waals surface area contributed by atoms with Crippen LogP contribution in [0, 0.1) is 10.1 Å². The molecule has 162 valence electrons. The molecule has 1 aliphatic heterocycles. The van der Waals surface area contributed by atoms with Gasteiger partial charge in [-0.2, -0.15) is 4.31 Å². The largest absolute Gasteiger partial charge is 0.411 e. The number of hydrogen-bond donors (Lipinski definition) is 0. The Labute approximate surface area is 183 Å². The molecule has 9 nitrogen and oxygen atoms in total. The van der Waals surface area contributed by atoms with E-state index in [0.717, 1.165) is 24.8 Å². The van der Waals surface area contributed by atoms with Gasteiger partial charge in [-0.15, -0.1) is 10.2 Å². The molecule has 0 amide bonds. The van der Waals surface area contributed by atoms with Crippen LogP contribution in [0.4, 0.5) is 5.69 Å². The van der Waals surface area contributed by atoms with Gasteiger partial charge in [-0.3, -0.25) is 10.1 Å². The Balaban J connectivity index is 1.46. The molecule has 31 heavy (non-hydrogen) atoms. The fourth-order valence-corrected chi connectivity index (χ4v) is 5.57. The Hall–Kier alpha value is -2.76. The van der Waals surface area contributed by atoms with Gasteiger partial charge in [0.15, 0.2) is 0 Å². The first kappa shape index (κ1) is 21.5. The van der Waals surface area contributed by atoms with E-state index >= 15 is 0 Å². The molecule has 1 aromatic heterocycles. The van der Waals surface area contributed by atoms with Gasteiger partial charge >= 0.3 is 0 Å². The lowest BCUT2D eigenvalue weighted by Gasteiger charge is -2.25. The van der Waals surface area contributed by atoms with Crippen LogP contribution in [0.1, 0.15) is 24.8 Å². The minimum absolute atomic E-state index is 0.0354. The smallest absolute Gasteiger partial charge is 0.277 e. The van der Waals surface area contributed by atoms with E-state index in [2.05, 4.69) is 10.2 Å². The van der Waals surface area contributed by atoms with Gasteiger partial charge in [0.2, 0.25) is 15.9 Å². The molecule has 3 aromatic rings. The van der Waals surface area contributed by atoms with Crippen molar-refractivity contribution in [2.24, 2.45) is 0 Å². The van der Waals surface area contributed by atoms with Gasteiger partial charge in [-0.25, -0.2) is 8.42 Å². The van der Waals surface area contributed by atoms with E-state index in [1.165, 1.54) is 28.2 Å². The second kappa shape index (κ2) is 9.16. The van der Waals surface area contributed by atoms with Crippen molar-refractivity contribution < 1.29 is 17.8 Å². The maximum Gasteiger partial charge on any atom is 0.277 e. The number of nitro benzene ring substituents is 1. The molecule has 4 rings (SSSR count). The molecule has 0 atom stereocenters. The molecule has 2 aromatic carbocycles. The minimum Gasteiger partial charge on any atom is -0.411 e. The molecule has 0 aliphatic carbocycles. The topological polar surface area (TPSA) is 119 Å². The van der Waals surface area contributed by atoms with E-state index < -0.39 is 14.9 Å². The van der Waals surface area contributed by atoms with Gasteiger partial charge in [0.1, 0.15) is 0 Å². The zero-order chi connectivity index (χ0) is 21.8. The fourth-order valence-electron chi connectivity index (χ4n) is 3.29. The molecule has 2 heterocycles. The van der Waals surface area contributed by atoms with Crippen molar-refractivity contribution >= 4 is 27.5 Å². The van der Waals surface area contributed by atoms with Gasteiger partial charge in [0, 0.05) is 36.5 Å². The molecule has 0 bridgehead atoms. The first-order chi connectivity index (χ1) is 14.9. The van der Waals surface area contributed by atoms with Crippen LogP contribution in [0.5, 0.6) is 0 Å². The number of nitrogens with zero attached hydrogens (tertiary/aromatic N) is 4. The van der Waals surface area contributed by atoms with Crippen LogP contribution in [0.25, 0.3) is 11.5 Å². The highest BCUT2D eigenvalue weighted by molar-refractivity contribution is 7.98. The Bertz CT molecular complexity index is 1170. The van der Waals surface area contributed by atoms with Crippen LogP contribution in [-0.4, -0.2) is 40.9 Å². The Morgan fingerprint density at radius 2 is 1.81 bits per heavy atom. The second-order valence-electron chi connectivity index (χ2n) is 7.08. The minimum atomic E-state index is -3.55. The summed E-state index contributed by atoms with van der Waals surface area (Å²) in [6.07, 6.45) is 2.80. The number of hydrogen-bond acceptors (Lipinski definition) is 8. The monoisotopic (exact) mass is 460 g/mol. The van der Waals surface area contributed by atoms with E-state index in [1.807, 2.05) is 0 Å². The van der Waals surface area contributed by atoms with Crippen LogP contribution in [0.3, 0.4) is 0 Å². The predicted octanol–water partition coefficient (Wildman–Crippen LogP) is 4.11. The third-order valence-electron chi connectivity index (χ3n) is 4.95. The molecule has 1 saturated heterocycles. The highest BCUT2D eigenvalue weighted by atomic mass is 32.2. The van der Waals surface area contributed by atoms with Crippen LogP contribution in [-0.2, 0) is 15.8 Å². The summed E-state index contributed by atoms with van der Waals surface area (Å²) in [7, 11) is -3.55. The summed E-state index contributed by atoms with van der Waals surface area (Å²) in [6, 6.07) is 12.8. The molecule has 1 aliphatic rings. The standard InChI is InChI=1S/C20H20N4O5S2/c25-24(26)17-9-7-15(8-10-17)14-30-20-22-21-19(29-20)16-5-4-6-18(13-16)31(27,28)23-11-2-1-3-12-23/h4-10,13H,1-3,11-12,14H2. The van der Waals surface area contributed by atoms with E-state index in [0.29, 0.717) is 29.6 Å². The number of non-ortho nitro benzene ring substituents is 1. The van der Waals surface area contributed by atoms with Crippen molar-refractivity contribution in [3.63, 3.8) is 0 Å². The molecular formula is C20H20N4O5S2. The number of thioether (sulfide) groups is 1. The third-order valence-corrected chi connectivity index (χ3v) is 7.73. The number of sulfonamides is 1. The summed E-state index contributed by atoms with van der Waals surface area (Å²) in [4.78, 5) is 10.5. The molecule has 0 radical (unpaired) electrons. The first-order valence-corrected chi connectivity index (χ1v) is 12.2. The maximum atomic E-state index is 12.9. The fraction of sp³-hybridized carbons (Fsp3) is 0.300. The van der Waals surface area contributed by atoms with Crippen LogP contribution >= 0.6 is 11.8 Å². The quantitative estimate of drug-likeness (QED) is 0.293. The van der Waals surface area contributed by atoms with Crippen molar-refractivity contribution in [3.8, 4) is 11.5 Å². The molecular weight excluding hydrogens is 440 g/mol. The number of benzene rings is 2.